The fraction of sp³-hybridized carbons (Fsp3) is 1.00. The summed E-state index contributed by atoms with van der Waals surface area (Å²) in [6.07, 6.45) is 4.09. The number of hydrogen-bond acceptors (Lipinski definition) is 2. The van der Waals surface area contributed by atoms with E-state index in [4.69, 9.17) is 0 Å². The maximum absolute atomic E-state index is 3.49. The van der Waals surface area contributed by atoms with Crippen LogP contribution < -0.4 is 5.32 Å². The lowest BCUT2D eigenvalue weighted by Gasteiger charge is -2.40. The zero-order valence-corrected chi connectivity index (χ0v) is 11.8. The van der Waals surface area contributed by atoms with Crippen molar-refractivity contribution in [2.24, 2.45) is 11.3 Å². The van der Waals surface area contributed by atoms with Crippen LogP contribution in [0.3, 0.4) is 0 Å². The molecular formula is C13H27NS. The fourth-order valence-electron chi connectivity index (χ4n) is 2.34. The molecule has 0 bridgehead atoms. The van der Waals surface area contributed by atoms with E-state index in [1.165, 1.54) is 25.0 Å². The van der Waals surface area contributed by atoms with Crippen LogP contribution in [0.4, 0.5) is 0 Å². The van der Waals surface area contributed by atoms with Crippen molar-refractivity contribution in [2.45, 2.75) is 58.2 Å². The largest absolute Gasteiger partial charge is 0.316 e. The average molecular weight is 229 g/mol. The second-order valence-corrected chi connectivity index (χ2v) is 7.34. The van der Waals surface area contributed by atoms with Crippen LogP contribution in [0.1, 0.15) is 47.0 Å². The molecule has 0 radical (unpaired) electrons. The Balaban J connectivity index is 2.48. The molecular weight excluding hydrogens is 202 g/mol. The summed E-state index contributed by atoms with van der Waals surface area (Å²) in [6, 6.07) is 0.738. The molecule has 1 aliphatic rings. The Hall–Kier alpha value is 0.310. The highest BCUT2D eigenvalue weighted by Crippen LogP contribution is 2.40. The molecule has 1 nitrogen and oxygen atoms in total. The summed E-state index contributed by atoms with van der Waals surface area (Å²) in [6.45, 7) is 9.47. The molecule has 0 amide bonds. The van der Waals surface area contributed by atoms with E-state index in [1.807, 2.05) is 0 Å². The fourth-order valence-corrected chi connectivity index (χ4v) is 4.05. The van der Waals surface area contributed by atoms with Gasteiger partial charge in [-0.05, 0) is 43.4 Å². The van der Waals surface area contributed by atoms with Gasteiger partial charge in [0, 0.05) is 11.3 Å². The summed E-state index contributed by atoms with van der Waals surface area (Å²) in [5, 5.41) is 4.32. The van der Waals surface area contributed by atoms with Crippen molar-refractivity contribution in [3.63, 3.8) is 0 Å². The van der Waals surface area contributed by atoms with Crippen molar-refractivity contribution >= 4 is 11.8 Å². The van der Waals surface area contributed by atoms with Gasteiger partial charge in [0.25, 0.3) is 0 Å². The van der Waals surface area contributed by atoms with Gasteiger partial charge in [-0.15, -0.1) is 0 Å². The lowest BCUT2D eigenvalue weighted by atomic mass is 9.75. The van der Waals surface area contributed by atoms with Crippen LogP contribution in [-0.4, -0.2) is 24.1 Å². The minimum atomic E-state index is 0.558. The van der Waals surface area contributed by atoms with E-state index in [9.17, 15) is 0 Å². The Morgan fingerprint density at radius 3 is 2.60 bits per heavy atom. The molecule has 0 aromatic rings. The van der Waals surface area contributed by atoms with E-state index in [0.29, 0.717) is 5.41 Å². The summed E-state index contributed by atoms with van der Waals surface area (Å²) in [4.78, 5) is 0. The van der Waals surface area contributed by atoms with E-state index in [1.54, 1.807) is 0 Å². The highest BCUT2D eigenvalue weighted by atomic mass is 32.2. The molecule has 0 aromatic carbocycles. The van der Waals surface area contributed by atoms with Crippen LogP contribution in [0.15, 0.2) is 0 Å². The van der Waals surface area contributed by atoms with Gasteiger partial charge in [0.2, 0.25) is 0 Å². The van der Waals surface area contributed by atoms with Crippen molar-refractivity contribution in [3.05, 3.63) is 0 Å². The monoisotopic (exact) mass is 229 g/mol. The second-order valence-electron chi connectivity index (χ2n) is 6.07. The molecule has 1 aliphatic carbocycles. The minimum absolute atomic E-state index is 0.558. The summed E-state index contributed by atoms with van der Waals surface area (Å²) in [5.74, 6) is 2.12. The predicted molar refractivity (Wildman–Crippen MR) is 71.6 cm³/mol. The summed E-state index contributed by atoms with van der Waals surface area (Å²) in [5.41, 5.74) is 0.558. The summed E-state index contributed by atoms with van der Waals surface area (Å²) < 4.78 is 0. The summed E-state index contributed by atoms with van der Waals surface area (Å²) >= 11 is 2.18. The van der Waals surface area contributed by atoms with E-state index in [2.05, 4.69) is 51.8 Å². The molecule has 1 N–H and O–H groups in total. The minimum Gasteiger partial charge on any atom is -0.316 e. The molecule has 0 saturated heterocycles. The molecule has 0 aliphatic heterocycles. The smallest absolute Gasteiger partial charge is 0.0206 e. The topological polar surface area (TPSA) is 12.0 Å². The molecule has 0 heterocycles. The maximum atomic E-state index is 3.49. The van der Waals surface area contributed by atoms with E-state index in [-0.39, 0.29) is 0 Å². The van der Waals surface area contributed by atoms with Gasteiger partial charge in [0.05, 0.1) is 0 Å². The number of hydrogen-bond donors (Lipinski definition) is 1. The third kappa shape index (κ3) is 4.36. The van der Waals surface area contributed by atoms with Gasteiger partial charge in [-0.25, -0.2) is 0 Å². The van der Waals surface area contributed by atoms with Crippen molar-refractivity contribution < 1.29 is 0 Å². The number of thioether (sulfide) groups is 1. The van der Waals surface area contributed by atoms with Crippen LogP contribution in [0.2, 0.25) is 0 Å². The average Bonchev–Trinajstić information content (AvgIpc) is 2.13. The highest BCUT2D eigenvalue weighted by molar-refractivity contribution is 7.99. The van der Waals surface area contributed by atoms with Crippen LogP contribution in [0.25, 0.3) is 0 Å². The zero-order chi connectivity index (χ0) is 11.5. The highest BCUT2D eigenvalue weighted by Gasteiger charge is 2.34. The Labute approximate surface area is 99.8 Å². The SMILES string of the molecule is CNC1CCC(C)(C)CC1SCC(C)C. The first-order chi connectivity index (χ1) is 6.94. The van der Waals surface area contributed by atoms with E-state index >= 15 is 0 Å². The Kier molecular flexibility index (Phi) is 4.98. The Bertz CT molecular complexity index is 189. The van der Waals surface area contributed by atoms with Gasteiger partial charge in [-0.1, -0.05) is 27.7 Å². The van der Waals surface area contributed by atoms with Crippen LogP contribution in [0.5, 0.6) is 0 Å². The Morgan fingerprint density at radius 2 is 2.07 bits per heavy atom. The van der Waals surface area contributed by atoms with Gasteiger partial charge in [0.15, 0.2) is 0 Å². The van der Waals surface area contributed by atoms with Crippen molar-refractivity contribution in [3.8, 4) is 0 Å². The van der Waals surface area contributed by atoms with Gasteiger partial charge in [-0.3, -0.25) is 0 Å². The number of nitrogens with one attached hydrogen (secondary N) is 1. The third-order valence-corrected chi connectivity index (χ3v) is 5.13. The normalized spacial score (nSPS) is 30.8. The van der Waals surface area contributed by atoms with Gasteiger partial charge >= 0.3 is 0 Å². The molecule has 0 spiro atoms. The number of rotatable bonds is 4. The standard InChI is InChI=1S/C13H27NS/c1-10(2)9-15-12-8-13(3,4)7-6-11(12)14-5/h10-12,14H,6-9H2,1-5H3. The van der Waals surface area contributed by atoms with Crippen LogP contribution in [-0.2, 0) is 0 Å². The maximum Gasteiger partial charge on any atom is 0.0206 e. The molecule has 2 unspecified atom stereocenters. The van der Waals surface area contributed by atoms with Gasteiger partial charge in [0.1, 0.15) is 0 Å². The first-order valence-corrected chi connectivity index (χ1v) is 7.28. The first kappa shape index (κ1) is 13.4. The predicted octanol–water partition coefficient (Wildman–Crippen LogP) is 3.54. The van der Waals surface area contributed by atoms with E-state index < -0.39 is 0 Å². The molecule has 1 rings (SSSR count). The molecule has 1 fully saturated rings. The quantitative estimate of drug-likeness (QED) is 0.791. The summed E-state index contributed by atoms with van der Waals surface area (Å²) in [7, 11) is 2.12. The van der Waals surface area contributed by atoms with Crippen molar-refractivity contribution in [2.75, 3.05) is 12.8 Å². The second kappa shape index (κ2) is 5.58. The third-order valence-electron chi connectivity index (χ3n) is 3.35. The van der Waals surface area contributed by atoms with Crippen LogP contribution >= 0.6 is 11.8 Å². The first-order valence-electron chi connectivity index (χ1n) is 6.23. The van der Waals surface area contributed by atoms with Crippen LogP contribution in [0, 0.1) is 11.3 Å². The Morgan fingerprint density at radius 1 is 1.40 bits per heavy atom. The van der Waals surface area contributed by atoms with Crippen molar-refractivity contribution in [1.29, 1.82) is 0 Å². The molecule has 15 heavy (non-hydrogen) atoms. The molecule has 2 heteroatoms. The van der Waals surface area contributed by atoms with Crippen molar-refractivity contribution in [1.82, 2.24) is 5.32 Å². The molecule has 2 atom stereocenters. The molecule has 1 saturated carbocycles. The lowest BCUT2D eigenvalue weighted by molar-refractivity contribution is 0.218. The molecule has 90 valence electrons. The van der Waals surface area contributed by atoms with Gasteiger partial charge < -0.3 is 5.32 Å². The van der Waals surface area contributed by atoms with Gasteiger partial charge in [-0.2, -0.15) is 11.8 Å². The molecule has 0 aromatic heterocycles. The van der Waals surface area contributed by atoms with E-state index in [0.717, 1.165) is 17.2 Å². The lowest BCUT2D eigenvalue weighted by Crippen LogP contribution is -2.43. The zero-order valence-electron chi connectivity index (χ0n) is 11.0.